The molecule has 0 spiro atoms. The second-order valence-corrected chi connectivity index (χ2v) is 9.55. The lowest BCUT2D eigenvalue weighted by atomic mass is 10.1. The predicted molar refractivity (Wildman–Crippen MR) is 66.1 cm³/mol. The highest BCUT2D eigenvalue weighted by Crippen LogP contribution is 2.31. The third kappa shape index (κ3) is 4.15. The van der Waals surface area contributed by atoms with E-state index in [4.69, 9.17) is 5.73 Å². The van der Waals surface area contributed by atoms with Gasteiger partial charge < -0.3 is 5.73 Å². The molecule has 1 rings (SSSR count). The second kappa shape index (κ2) is 4.45. The molecule has 0 saturated heterocycles. The number of hydrogen-bond acceptors (Lipinski definition) is 1. The molecule has 5 heteroatoms. The largest absolute Gasteiger partial charge is 0.416 e. The molecule has 0 heterocycles. The van der Waals surface area contributed by atoms with Crippen molar-refractivity contribution in [3.05, 3.63) is 29.3 Å². The molecule has 1 nitrogen and oxygen atoms in total. The van der Waals surface area contributed by atoms with Crippen molar-refractivity contribution < 1.29 is 13.2 Å². The Morgan fingerprint density at radius 2 is 1.76 bits per heavy atom. The number of rotatable bonds is 0. The summed E-state index contributed by atoms with van der Waals surface area (Å²) in [4.78, 5) is 0. The number of anilines is 1. The Morgan fingerprint density at radius 1 is 1.18 bits per heavy atom. The molecule has 0 aliphatic heterocycles. The molecule has 17 heavy (non-hydrogen) atoms. The van der Waals surface area contributed by atoms with Crippen molar-refractivity contribution in [1.29, 1.82) is 0 Å². The van der Waals surface area contributed by atoms with Gasteiger partial charge >= 0.3 is 6.18 Å². The van der Waals surface area contributed by atoms with Crippen LogP contribution in [0.1, 0.15) is 11.1 Å². The Morgan fingerprint density at radius 3 is 2.18 bits per heavy atom. The van der Waals surface area contributed by atoms with Crippen molar-refractivity contribution in [2.24, 2.45) is 0 Å². The Hall–Kier alpha value is -1.41. The van der Waals surface area contributed by atoms with Gasteiger partial charge in [-0.05, 0) is 18.2 Å². The van der Waals surface area contributed by atoms with Gasteiger partial charge in [0.05, 0.1) is 5.56 Å². The van der Waals surface area contributed by atoms with Crippen molar-refractivity contribution in [2.75, 3.05) is 5.73 Å². The van der Waals surface area contributed by atoms with E-state index in [1.807, 2.05) is 0 Å². The zero-order valence-electron chi connectivity index (χ0n) is 9.94. The van der Waals surface area contributed by atoms with E-state index in [0.29, 0.717) is 5.56 Å². The first kappa shape index (κ1) is 13.7. The summed E-state index contributed by atoms with van der Waals surface area (Å²) in [5, 5.41) is 0. The summed E-state index contributed by atoms with van der Waals surface area (Å²) in [7, 11) is -1.55. The van der Waals surface area contributed by atoms with Crippen LogP contribution in [0.25, 0.3) is 0 Å². The lowest BCUT2D eigenvalue weighted by molar-refractivity contribution is -0.137. The molecule has 0 atom stereocenters. The Bertz CT molecular complexity index is 475. The Balaban J connectivity index is 3.10. The van der Waals surface area contributed by atoms with Gasteiger partial charge in [-0.25, -0.2) is 0 Å². The standard InChI is InChI=1S/C12H14F3NSi/c1-17(2,3)7-6-9-4-5-10(8-11(9)16)12(13,14)15/h4-5,8H,16H2,1-3H3. The van der Waals surface area contributed by atoms with Crippen LogP contribution in [0.15, 0.2) is 18.2 Å². The summed E-state index contributed by atoms with van der Waals surface area (Å²) in [5.74, 6) is 2.85. The van der Waals surface area contributed by atoms with Crippen LogP contribution in [0, 0.1) is 11.5 Å². The first-order valence-corrected chi connectivity index (χ1v) is 8.59. The number of nitrogens with two attached hydrogens (primary N) is 1. The molecule has 0 bridgehead atoms. The van der Waals surface area contributed by atoms with E-state index in [1.54, 1.807) is 0 Å². The van der Waals surface area contributed by atoms with E-state index in [2.05, 4.69) is 31.1 Å². The zero-order chi connectivity index (χ0) is 13.3. The first-order valence-electron chi connectivity index (χ1n) is 5.09. The van der Waals surface area contributed by atoms with Gasteiger partial charge in [0.15, 0.2) is 0 Å². The van der Waals surface area contributed by atoms with Gasteiger partial charge in [0.2, 0.25) is 0 Å². The van der Waals surface area contributed by atoms with E-state index in [1.165, 1.54) is 6.07 Å². The van der Waals surface area contributed by atoms with Crippen LogP contribution in [0.3, 0.4) is 0 Å². The quantitative estimate of drug-likeness (QED) is 0.429. The van der Waals surface area contributed by atoms with E-state index >= 15 is 0 Å². The fourth-order valence-corrected chi connectivity index (χ4v) is 1.62. The topological polar surface area (TPSA) is 26.0 Å². The normalized spacial score (nSPS) is 11.9. The van der Waals surface area contributed by atoms with Gasteiger partial charge in [-0.3, -0.25) is 0 Å². The minimum atomic E-state index is -4.36. The Kier molecular flexibility index (Phi) is 3.58. The highest BCUT2D eigenvalue weighted by atomic mass is 28.3. The SMILES string of the molecule is C[Si](C)(C)C#Cc1ccc(C(F)(F)F)cc1N. The van der Waals surface area contributed by atoms with Gasteiger partial charge in [0.25, 0.3) is 0 Å². The molecule has 92 valence electrons. The van der Waals surface area contributed by atoms with Gasteiger partial charge in [-0.2, -0.15) is 13.2 Å². The lowest BCUT2D eigenvalue weighted by Gasteiger charge is -2.08. The molecule has 2 N–H and O–H groups in total. The van der Waals surface area contributed by atoms with Gasteiger partial charge in [-0.1, -0.05) is 25.6 Å². The van der Waals surface area contributed by atoms with Crippen LogP contribution in [0.5, 0.6) is 0 Å². The molecule has 0 aromatic heterocycles. The zero-order valence-corrected chi connectivity index (χ0v) is 10.9. The fourth-order valence-electron chi connectivity index (χ4n) is 1.11. The second-order valence-electron chi connectivity index (χ2n) is 4.80. The van der Waals surface area contributed by atoms with E-state index < -0.39 is 19.8 Å². The molecule has 0 radical (unpaired) electrons. The maximum Gasteiger partial charge on any atom is 0.416 e. The molecule has 0 aliphatic rings. The number of alkyl halides is 3. The lowest BCUT2D eigenvalue weighted by Crippen LogP contribution is -2.16. The summed E-state index contributed by atoms with van der Waals surface area (Å²) in [6.45, 7) is 6.17. The van der Waals surface area contributed by atoms with Crippen molar-refractivity contribution in [2.45, 2.75) is 25.8 Å². The molecule has 0 fully saturated rings. The number of halogens is 3. The smallest absolute Gasteiger partial charge is 0.398 e. The average molecular weight is 257 g/mol. The van der Waals surface area contributed by atoms with Crippen LogP contribution in [-0.4, -0.2) is 8.07 Å². The molecule has 0 saturated carbocycles. The van der Waals surface area contributed by atoms with Crippen molar-refractivity contribution >= 4 is 13.8 Å². The summed E-state index contributed by atoms with van der Waals surface area (Å²) < 4.78 is 37.2. The van der Waals surface area contributed by atoms with Gasteiger partial charge in [0.1, 0.15) is 8.07 Å². The third-order valence-electron chi connectivity index (χ3n) is 1.95. The molecular weight excluding hydrogens is 243 g/mol. The average Bonchev–Trinajstić information content (AvgIpc) is 2.12. The Labute approximate surface area is 99.8 Å². The van der Waals surface area contributed by atoms with Crippen LogP contribution < -0.4 is 5.73 Å². The number of nitrogen functional groups attached to an aromatic ring is 1. The van der Waals surface area contributed by atoms with Crippen molar-refractivity contribution in [3.8, 4) is 11.5 Å². The summed E-state index contributed by atoms with van der Waals surface area (Å²) in [5.41, 5.74) is 8.42. The van der Waals surface area contributed by atoms with E-state index in [9.17, 15) is 13.2 Å². The highest BCUT2D eigenvalue weighted by Gasteiger charge is 2.30. The summed E-state index contributed by atoms with van der Waals surface area (Å²) in [6.07, 6.45) is -4.36. The van der Waals surface area contributed by atoms with Crippen LogP contribution >= 0.6 is 0 Å². The fraction of sp³-hybridized carbons (Fsp3) is 0.333. The maximum atomic E-state index is 12.4. The van der Waals surface area contributed by atoms with Crippen LogP contribution in [0.2, 0.25) is 19.6 Å². The predicted octanol–water partition coefficient (Wildman–Crippen LogP) is 3.52. The van der Waals surface area contributed by atoms with Gasteiger partial charge in [-0.15, -0.1) is 5.54 Å². The molecule has 0 aliphatic carbocycles. The van der Waals surface area contributed by atoms with Crippen molar-refractivity contribution in [3.63, 3.8) is 0 Å². The highest BCUT2D eigenvalue weighted by molar-refractivity contribution is 6.83. The monoisotopic (exact) mass is 257 g/mol. The molecule has 1 aromatic rings. The summed E-state index contributed by atoms with van der Waals surface area (Å²) in [6, 6.07) is 3.25. The molecule has 0 unspecified atom stereocenters. The molecule has 0 amide bonds. The molecular formula is C12H14F3NSi. The minimum absolute atomic E-state index is 0.0746. The van der Waals surface area contributed by atoms with Crippen LogP contribution in [0.4, 0.5) is 18.9 Å². The van der Waals surface area contributed by atoms with E-state index in [0.717, 1.165) is 12.1 Å². The van der Waals surface area contributed by atoms with Gasteiger partial charge in [0, 0.05) is 11.3 Å². The van der Waals surface area contributed by atoms with E-state index in [-0.39, 0.29) is 5.69 Å². The first-order chi connectivity index (χ1) is 7.59. The maximum absolute atomic E-state index is 12.4. The minimum Gasteiger partial charge on any atom is -0.398 e. The number of hydrogen-bond donors (Lipinski definition) is 1. The number of benzene rings is 1. The van der Waals surface area contributed by atoms with Crippen LogP contribution in [-0.2, 0) is 6.18 Å². The third-order valence-corrected chi connectivity index (χ3v) is 2.83. The van der Waals surface area contributed by atoms with Crippen molar-refractivity contribution in [1.82, 2.24) is 0 Å². The summed E-state index contributed by atoms with van der Waals surface area (Å²) >= 11 is 0. The molecule has 1 aromatic carbocycles.